The number of pyridine rings is 1. The minimum Gasteiger partial charge on any atom is -0.363 e. The third kappa shape index (κ3) is 7.23. The lowest BCUT2D eigenvalue weighted by molar-refractivity contribution is -0.136. The Labute approximate surface area is 322 Å². The molecule has 3 aromatic carbocycles. The van der Waals surface area contributed by atoms with Crippen LogP contribution in [0.25, 0.3) is 22.2 Å². The van der Waals surface area contributed by atoms with Gasteiger partial charge in [-0.3, -0.25) is 29.6 Å². The molecular formula is C43H42F3N7O3. The summed E-state index contributed by atoms with van der Waals surface area (Å²) >= 11 is 0. The minimum absolute atomic E-state index is 0.00209. The summed E-state index contributed by atoms with van der Waals surface area (Å²) in [6.45, 7) is 7.71. The molecule has 5 aromatic rings. The maximum absolute atomic E-state index is 15.3. The van der Waals surface area contributed by atoms with Gasteiger partial charge < -0.3 is 10.2 Å². The van der Waals surface area contributed by atoms with Crippen molar-refractivity contribution in [3.8, 4) is 11.3 Å². The normalized spacial score (nSPS) is 18.4. The van der Waals surface area contributed by atoms with Crippen LogP contribution in [0, 0.1) is 19.7 Å². The number of alkyl halides is 2. The molecule has 2 saturated heterocycles. The molecule has 10 nitrogen and oxygen atoms in total. The van der Waals surface area contributed by atoms with E-state index in [1.54, 1.807) is 37.1 Å². The molecule has 3 aliphatic rings. The first-order chi connectivity index (χ1) is 26.9. The maximum Gasteiger partial charge on any atom is 0.264 e. The van der Waals surface area contributed by atoms with E-state index >= 15 is 4.39 Å². The first-order valence-corrected chi connectivity index (χ1v) is 19.0. The second kappa shape index (κ2) is 15.1. The molecule has 3 aliphatic heterocycles. The van der Waals surface area contributed by atoms with Crippen molar-refractivity contribution < 1.29 is 27.6 Å². The highest BCUT2D eigenvalue weighted by Gasteiger charge is 2.39. The van der Waals surface area contributed by atoms with Crippen LogP contribution < -0.4 is 10.6 Å². The Hall–Kier alpha value is -5.69. The highest BCUT2D eigenvalue weighted by Crippen LogP contribution is 2.36. The number of piperidine rings is 2. The number of aromatic nitrogens is 3. The van der Waals surface area contributed by atoms with Gasteiger partial charge in [0.2, 0.25) is 11.8 Å². The van der Waals surface area contributed by atoms with Crippen LogP contribution >= 0.6 is 0 Å². The molecule has 13 heteroatoms. The van der Waals surface area contributed by atoms with Crippen molar-refractivity contribution in [1.82, 2.24) is 30.1 Å². The van der Waals surface area contributed by atoms with Gasteiger partial charge in [-0.25, -0.2) is 23.1 Å². The molecule has 2 fully saturated rings. The van der Waals surface area contributed by atoms with Gasteiger partial charge in [0.05, 0.1) is 23.4 Å². The fraction of sp³-hybridized carbons (Fsp3) is 0.349. The summed E-state index contributed by atoms with van der Waals surface area (Å²) in [5, 5.41) is 6.48. The second-order valence-corrected chi connectivity index (χ2v) is 15.1. The minimum atomic E-state index is -2.57. The van der Waals surface area contributed by atoms with Crippen molar-refractivity contribution in [2.75, 3.05) is 18.4 Å². The molecule has 0 aliphatic carbocycles. The number of fused-ring (bicyclic) bond motifs is 2. The lowest BCUT2D eigenvalue weighted by Gasteiger charge is -2.32. The van der Waals surface area contributed by atoms with Gasteiger partial charge in [-0.1, -0.05) is 30.3 Å². The Morgan fingerprint density at radius 3 is 2.50 bits per heavy atom. The lowest BCUT2D eigenvalue weighted by Crippen LogP contribution is -2.52. The molecule has 5 heterocycles. The first kappa shape index (κ1) is 37.2. The van der Waals surface area contributed by atoms with E-state index in [4.69, 9.17) is 0 Å². The van der Waals surface area contributed by atoms with Gasteiger partial charge in [-0.2, -0.15) is 0 Å². The number of aryl methyl sites for hydroxylation is 1. The van der Waals surface area contributed by atoms with E-state index < -0.39 is 18.4 Å². The zero-order valence-corrected chi connectivity index (χ0v) is 31.4. The summed E-state index contributed by atoms with van der Waals surface area (Å²) in [7, 11) is 0. The van der Waals surface area contributed by atoms with Gasteiger partial charge in [0.1, 0.15) is 23.5 Å². The van der Waals surface area contributed by atoms with Gasteiger partial charge in [0.25, 0.3) is 12.3 Å². The van der Waals surface area contributed by atoms with Crippen LogP contribution in [-0.2, 0) is 22.7 Å². The smallest absolute Gasteiger partial charge is 0.264 e. The van der Waals surface area contributed by atoms with Crippen molar-refractivity contribution in [2.45, 2.75) is 84.0 Å². The molecular weight excluding hydrogens is 720 g/mol. The van der Waals surface area contributed by atoms with Crippen LogP contribution in [0.2, 0.25) is 0 Å². The molecule has 3 amide bonds. The van der Waals surface area contributed by atoms with Crippen LogP contribution in [0.5, 0.6) is 0 Å². The number of carbonyl (C=O) groups excluding carboxylic acids is 3. The van der Waals surface area contributed by atoms with Crippen molar-refractivity contribution in [1.29, 1.82) is 0 Å². The fourth-order valence-corrected chi connectivity index (χ4v) is 8.45. The number of anilines is 1. The van der Waals surface area contributed by atoms with E-state index in [9.17, 15) is 23.2 Å². The van der Waals surface area contributed by atoms with Gasteiger partial charge >= 0.3 is 0 Å². The van der Waals surface area contributed by atoms with Gasteiger partial charge in [0.15, 0.2) is 0 Å². The first-order valence-electron chi connectivity index (χ1n) is 19.0. The summed E-state index contributed by atoms with van der Waals surface area (Å²) in [6, 6.07) is 16.8. The molecule has 56 heavy (non-hydrogen) atoms. The number of amides is 3. The van der Waals surface area contributed by atoms with Gasteiger partial charge in [-0.15, -0.1) is 0 Å². The molecule has 0 spiro atoms. The standard InChI is InChI=1S/C43H42F3N7O3/c1-23-31(5-4-6-32(23)40(45)46)24(2)48-41-34-19-36(47-20-37(34)49-25(3)50-41)28-8-10-35(44)30(18-28)21-52-15-13-26(14-16-52)27-7-9-33-29(17-27)22-53(43(33)56)38-11-12-39(54)51-42(38)55/h4-10,17-20,24,26,38,40H,11-16,21-22H2,1-3H3,(H,48,49,50)(H,51,54,55)/t24-,38?/m1/s1. The number of hydrogen-bond acceptors (Lipinski definition) is 8. The van der Waals surface area contributed by atoms with Gasteiger partial charge in [-0.05, 0) is 112 Å². The quantitative estimate of drug-likeness (QED) is 0.147. The number of likely N-dealkylation sites (tertiary alicyclic amines) is 1. The Morgan fingerprint density at radius 1 is 0.946 bits per heavy atom. The van der Waals surface area contributed by atoms with Crippen LogP contribution in [0.4, 0.5) is 19.0 Å². The van der Waals surface area contributed by atoms with Crippen LogP contribution in [0.1, 0.15) is 101 Å². The molecule has 8 rings (SSSR count). The van der Waals surface area contributed by atoms with Crippen molar-refractivity contribution >= 4 is 34.4 Å². The number of benzene rings is 3. The Balaban J connectivity index is 0.951. The largest absolute Gasteiger partial charge is 0.363 e. The number of imide groups is 1. The third-order valence-corrected chi connectivity index (χ3v) is 11.5. The SMILES string of the molecule is Cc1nc(N[C@H](C)c2cccc(C(F)F)c2C)c2cc(-c3ccc(F)c(CN4CCC(c5ccc6c(c5)CN(C5CCC(=O)NC5=O)C6=O)CC4)c3)ncc2n1. The Kier molecular flexibility index (Phi) is 10.0. The number of nitrogens with one attached hydrogen (secondary N) is 2. The average molecular weight is 762 g/mol. The summed E-state index contributed by atoms with van der Waals surface area (Å²) < 4.78 is 42.6. The molecule has 2 atom stereocenters. The number of nitrogens with zero attached hydrogens (tertiary/aromatic N) is 5. The molecule has 2 aromatic heterocycles. The molecule has 1 unspecified atom stereocenters. The van der Waals surface area contributed by atoms with E-state index in [-0.39, 0.29) is 41.6 Å². The van der Waals surface area contributed by atoms with Crippen LogP contribution in [0.3, 0.4) is 0 Å². The highest BCUT2D eigenvalue weighted by molar-refractivity contribution is 6.05. The molecule has 0 saturated carbocycles. The van der Waals surface area contributed by atoms with E-state index in [0.29, 0.717) is 64.4 Å². The van der Waals surface area contributed by atoms with Crippen molar-refractivity contribution in [3.63, 3.8) is 0 Å². The summed E-state index contributed by atoms with van der Waals surface area (Å²) in [6.07, 6.45) is 1.39. The Bertz CT molecular complexity index is 2380. The van der Waals surface area contributed by atoms with E-state index in [0.717, 1.165) is 48.2 Å². The molecule has 0 bridgehead atoms. The number of halogens is 3. The van der Waals surface area contributed by atoms with Crippen LogP contribution in [-0.4, -0.2) is 61.6 Å². The predicted molar refractivity (Wildman–Crippen MR) is 205 cm³/mol. The second-order valence-electron chi connectivity index (χ2n) is 15.1. The molecule has 2 N–H and O–H groups in total. The summed E-state index contributed by atoms with van der Waals surface area (Å²) in [4.78, 5) is 55.0. The van der Waals surface area contributed by atoms with Crippen LogP contribution in [0.15, 0.2) is 66.9 Å². The summed E-state index contributed by atoms with van der Waals surface area (Å²) in [5.74, 6) is 0.168. The predicted octanol–water partition coefficient (Wildman–Crippen LogP) is 7.70. The topological polar surface area (TPSA) is 120 Å². The van der Waals surface area contributed by atoms with Crippen molar-refractivity contribution in [2.24, 2.45) is 0 Å². The zero-order chi connectivity index (χ0) is 39.2. The van der Waals surface area contributed by atoms with E-state index in [2.05, 4.69) is 36.6 Å². The van der Waals surface area contributed by atoms with Gasteiger partial charge in [0, 0.05) is 47.2 Å². The van der Waals surface area contributed by atoms with E-state index in [1.165, 1.54) is 12.1 Å². The lowest BCUT2D eigenvalue weighted by atomic mass is 9.87. The average Bonchev–Trinajstić information content (AvgIpc) is 3.50. The number of hydrogen-bond donors (Lipinski definition) is 2. The maximum atomic E-state index is 15.3. The number of carbonyl (C=O) groups is 3. The summed E-state index contributed by atoms with van der Waals surface area (Å²) in [5.41, 5.74) is 6.49. The highest BCUT2D eigenvalue weighted by atomic mass is 19.3. The third-order valence-electron chi connectivity index (χ3n) is 11.5. The molecule has 288 valence electrons. The fourth-order valence-electron chi connectivity index (χ4n) is 8.45. The zero-order valence-electron chi connectivity index (χ0n) is 31.4. The molecule has 0 radical (unpaired) electrons. The monoisotopic (exact) mass is 761 g/mol. The van der Waals surface area contributed by atoms with Crippen molar-refractivity contribution in [3.05, 3.63) is 117 Å². The number of rotatable bonds is 9. The Morgan fingerprint density at radius 2 is 1.73 bits per heavy atom. The van der Waals surface area contributed by atoms with E-state index in [1.807, 2.05) is 37.3 Å².